The molecule has 1 amide bonds. The summed E-state index contributed by atoms with van der Waals surface area (Å²) in [7, 11) is 0. The molecule has 0 spiro atoms. The van der Waals surface area contributed by atoms with Gasteiger partial charge < -0.3 is 11.1 Å². The van der Waals surface area contributed by atoms with Gasteiger partial charge in [0, 0.05) is 6.54 Å². The SMILES string of the molecule is C=CCCNC(=O)c1cccc(N)c1Cl. The summed E-state index contributed by atoms with van der Waals surface area (Å²) >= 11 is 5.89. The number of rotatable bonds is 4. The van der Waals surface area contributed by atoms with Gasteiger partial charge in [-0.2, -0.15) is 0 Å². The van der Waals surface area contributed by atoms with Crippen molar-refractivity contribution in [3.05, 3.63) is 41.4 Å². The second-order valence-electron chi connectivity index (χ2n) is 3.04. The van der Waals surface area contributed by atoms with Crippen LogP contribution in [0, 0.1) is 0 Å². The Labute approximate surface area is 93.9 Å². The van der Waals surface area contributed by atoms with E-state index in [1.54, 1.807) is 24.3 Å². The third kappa shape index (κ3) is 2.99. The molecule has 0 fully saturated rings. The number of hydrogen-bond acceptors (Lipinski definition) is 2. The Morgan fingerprint density at radius 2 is 2.33 bits per heavy atom. The number of hydrogen-bond donors (Lipinski definition) is 2. The van der Waals surface area contributed by atoms with Crippen LogP contribution in [0.3, 0.4) is 0 Å². The molecule has 0 saturated carbocycles. The summed E-state index contributed by atoms with van der Waals surface area (Å²) < 4.78 is 0. The highest BCUT2D eigenvalue weighted by Gasteiger charge is 2.10. The summed E-state index contributed by atoms with van der Waals surface area (Å²) in [5, 5.41) is 3.02. The molecule has 0 aromatic heterocycles. The number of amides is 1. The molecule has 4 heteroatoms. The Balaban J connectivity index is 2.73. The van der Waals surface area contributed by atoms with Crippen molar-refractivity contribution >= 4 is 23.2 Å². The van der Waals surface area contributed by atoms with E-state index in [0.29, 0.717) is 22.8 Å². The molecule has 0 aliphatic carbocycles. The summed E-state index contributed by atoms with van der Waals surface area (Å²) in [6.07, 6.45) is 2.47. The number of halogens is 1. The Bertz CT molecular complexity index is 377. The van der Waals surface area contributed by atoms with Crippen LogP contribution < -0.4 is 11.1 Å². The lowest BCUT2D eigenvalue weighted by atomic mass is 10.2. The predicted molar refractivity (Wildman–Crippen MR) is 63.0 cm³/mol. The van der Waals surface area contributed by atoms with Crippen LogP contribution in [0.15, 0.2) is 30.9 Å². The summed E-state index contributed by atoms with van der Waals surface area (Å²) in [6, 6.07) is 4.99. The molecule has 15 heavy (non-hydrogen) atoms. The number of nitrogens with two attached hydrogens (primary N) is 1. The van der Waals surface area contributed by atoms with Gasteiger partial charge in [-0.3, -0.25) is 4.79 Å². The first kappa shape index (κ1) is 11.6. The summed E-state index contributed by atoms with van der Waals surface area (Å²) in [4.78, 5) is 11.6. The number of benzene rings is 1. The first-order valence-corrected chi connectivity index (χ1v) is 4.97. The summed E-state index contributed by atoms with van der Waals surface area (Å²) in [5.41, 5.74) is 6.40. The quantitative estimate of drug-likeness (QED) is 0.468. The summed E-state index contributed by atoms with van der Waals surface area (Å²) in [5.74, 6) is -0.214. The second-order valence-corrected chi connectivity index (χ2v) is 3.42. The standard InChI is InChI=1S/C11H13ClN2O/c1-2-3-7-14-11(15)8-5-4-6-9(13)10(8)12/h2,4-6H,1,3,7,13H2,(H,14,15). The van der Waals surface area contributed by atoms with E-state index in [1.165, 1.54) is 0 Å². The Morgan fingerprint density at radius 3 is 3.00 bits per heavy atom. The minimum atomic E-state index is -0.214. The molecule has 1 aromatic carbocycles. The van der Waals surface area contributed by atoms with Crippen LogP contribution >= 0.6 is 11.6 Å². The van der Waals surface area contributed by atoms with E-state index < -0.39 is 0 Å². The van der Waals surface area contributed by atoms with Gasteiger partial charge in [0.1, 0.15) is 0 Å². The molecule has 0 aliphatic rings. The van der Waals surface area contributed by atoms with Gasteiger partial charge in [-0.15, -0.1) is 6.58 Å². The second kappa shape index (κ2) is 5.41. The predicted octanol–water partition coefficient (Wildman–Crippen LogP) is 2.23. The Kier molecular flexibility index (Phi) is 4.18. The minimum Gasteiger partial charge on any atom is -0.398 e. The molecule has 1 rings (SSSR count). The lowest BCUT2D eigenvalue weighted by molar-refractivity contribution is 0.0954. The van der Waals surface area contributed by atoms with Crippen molar-refractivity contribution in [3.8, 4) is 0 Å². The molecule has 80 valence electrons. The van der Waals surface area contributed by atoms with E-state index >= 15 is 0 Å². The molecule has 0 radical (unpaired) electrons. The van der Waals surface area contributed by atoms with Crippen LogP contribution in [0.25, 0.3) is 0 Å². The average molecular weight is 225 g/mol. The van der Waals surface area contributed by atoms with Crippen molar-refractivity contribution in [2.75, 3.05) is 12.3 Å². The van der Waals surface area contributed by atoms with Crippen molar-refractivity contribution in [1.29, 1.82) is 0 Å². The zero-order valence-electron chi connectivity index (χ0n) is 8.29. The van der Waals surface area contributed by atoms with Crippen molar-refractivity contribution in [2.45, 2.75) is 6.42 Å². The highest BCUT2D eigenvalue weighted by Crippen LogP contribution is 2.22. The summed E-state index contributed by atoms with van der Waals surface area (Å²) in [6.45, 7) is 4.11. The van der Waals surface area contributed by atoms with Gasteiger partial charge in [-0.1, -0.05) is 23.7 Å². The fraction of sp³-hybridized carbons (Fsp3) is 0.182. The highest BCUT2D eigenvalue weighted by molar-refractivity contribution is 6.36. The molecular formula is C11H13ClN2O. The zero-order valence-corrected chi connectivity index (χ0v) is 9.05. The molecule has 0 unspecified atom stereocenters. The number of nitrogens with one attached hydrogen (secondary N) is 1. The molecule has 1 aromatic rings. The maximum atomic E-state index is 11.6. The highest BCUT2D eigenvalue weighted by atomic mass is 35.5. The fourth-order valence-electron chi connectivity index (χ4n) is 1.11. The molecule has 3 N–H and O–H groups in total. The normalized spacial score (nSPS) is 9.67. The molecular weight excluding hydrogens is 212 g/mol. The zero-order chi connectivity index (χ0) is 11.3. The number of carbonyl (C=O) groups is 1. The molecule has 0 saturated heterocycles. The number of nitrogen functional groups attached to an aromatic ring is 1. The van der Waals surface area contributed by atoms with Gasteiger partial charge in [0.05, 0.1) is 16.3 Å². The molecule has 0 atom stereocenters. The van der Waals surface area contributed by atoms with E-state index in [-0.39, 0.29) is 5.91 Å². The van der Waals surface area contributed by atoms with Crippen molar-refractivity contribution in [2.24, 2.45) is 0 Å². The van der Waals surface area contributed by atoms with E-state index in [0.717, 1.165) is 6.42 Å². The Morgan fingerprint density at radius 1 is 1.60 bits per heavy atom. The van der Waals surface area contributed by atoms with Crippen LogP contribution in [-0.2, 0) is 0 Å². The van der Waals surface area contributed by atoms with Gasteiger partial charge in [0.25, 0.3) is 5.91 Å². The van der Waals surface area contributed by atoms with Crippen LogP contribution in [0.2, 0.25) is 5.02 Å². The average Bonchev–Trinajstić information content (AvgIpc) is 2.22. The fourth-order valence-corrected chi connectivity index (χ4v) is 1.32. The van der Waals surface area contributed by atoms with Gasteiger partial charge in [0.2, 0.25) is 0 Å². The van der Waals surface area contributed by atoms with Crippen molar-refractivity contribution < 1.29 is 4.79 Å². The van der Waals surface area contributed by atoms with Crippen LogP contribution in [0.4, 0.5) is 5.69 Å². The van der Waals surface area contributed by atoms with Gasteiger partial charge in [-0.05, 0) is 18.6 Å². The minimum absolute atomic E-state index is 0.214. The first-order valence-electron chi connectivity index (χ1n) is 4.60. The molecule has 3 nitrogen and oxygen atoms in total. The van der Waals surface area contributed by atoms with Crippen LogP contribution in [0.5, 0.6) is 0 Å². The van der Waals surface area contributed by atoms with E-state index in [9.17, 15) is 4.79 Å². The molecule has 0 bridgehead atoms. The molecule has 0 heterocycles. The third-order valence-corrected chi connectivity index (χ3v) is 2.33. The first-order chi connectivity index (χ1) is 7.16. The smallest absolute Gasteiger partial charge is 0.252 e. The molecule has 0 aliphatic heterocycles. The number of anilines is 1. The van der Waals surface area contributed by atoms with E-state index in [1.807, 2.05) is 0 Å². The topological polar surface area (TPSA) is 55.1 Å². The lowest BCUT2D eigenvalue weighted by Crippen LogP contribution is -2.24. The van der Waals surface area contributed by atoms with Gasteiger partial charge >= 0.3 is 0 Å². The third-order valence-electron chi connectivity index (χ3n) is 1.91. The van der Waals surface area contributed by atoms with Crippen molar-refractivity contribution in [3.63, 3.8) is 0 Å². The number of carbonyl (C=O) groups excluding carboxylic acids is 1. The lowest BCUT2D eigenvalue weighted by Gasteiger charge is -2.06. The maximum Gasteiger partial charge on any atom is 0.252 e. The maximum absolute atomic E-state index is 11.6. The van der Waals surface area contributed by atoms with Crippen LogP contribution in [0.1, 0.15) is 16.8 Å². The van der Waals surface area contributed by atoms with Gasteiger partial charge in [0.15, 0.2) is 0 Å². The Hall–Kier alpha value is -1.48. The monoisotopic (exact) mass is 224 g/mol. The van der Waals surface area contributed by atoms with Crippen molar-refractivity contribution in [1.82, 2.24) is 5.32 Å². The largest absolute Gasteiger partial charge is 0.398 e. The van der Waals surface area contributed by atoms with E-state index in [4.69, 9.17) is 17.3 Å². The van der Waals surface area contributed by atoms with E-state index in [2.05, 4.69) is 11.9 Å². The van der Waals surface area contributed by atoms with Crippen LogP contribution in [-0.4, -0.2) is 12.5 Å². The van der Waals surface area contributed by atoms with Gasteiger partial charge in [-0.25, -0.2) is 0 Å².